The van der Waals surface area contributed by atoms with Crippen molar-refractivity contribution in [3.63, 3.8) is 0 Å². The lowest BCUT2D eigenvalue weighted by Crippen LogP contribution is -2.44. The fourth-order valence-corrected chi connectivity index (χ4v) is 1.54. The number of nitrogens with zero attached hydrogens (tertiary/aromatic N) is 1. The molecule has 0 aliphatic carbocycles. The number of ether oxygens (including phenoxy) is 1. The Morgan fingerprint density at radius 2 is 1.81 bits per heavy atom. The second-order valence-electron chi connectivity index (χ2n) is 4.64. The van der Waals surface area contributed by atoms with Gasteiger partial charge in [-0.3, -0.25) is 9.59 Å². The van der Waals surface area contributed by atoms with Crippen molar-refractivity contribution in [3.05, 3.63) is 0 Å². The van der Waals surface area contributed by atoms with E-state index in [-0.39, 0.29) is 24.9 Å². The molecule has 0 aromatic heterocycles. The molecule has 0 aromatic rings. The third-order valence-electron chi connectivity index (χ3n) is 2.70. The third-order valence-corrected chi connectivity index (χ3v) is 2.70. The Labute approximate surface area is 124 Å². The highest BCUT2D eigenvalue weighted by atomic mass is 16.5. The Balaban J connectivity index is 3.65. The van der Waals surface area contributed by atoms with E-state index in [0.717, 1.165) is 6.42 Å². The molecule has 0 saturated heterocycles. The maximum absolute atomic E-state index is 11.7. The largest absolute Gasteiger partial charge is 0.481 e. The van der Waals surface area contributed by atoms with Gasteiger partial charge in [0.15, 0.2) is 0 Å². The predicted molar refractivity (Wildman–Crippen MR) is 77.0 cm³/mol. The second kappa shape index (κ2) is 12.0. The van der Waals surface area contributed by atoms with Gasteiger partial charge < -0.3 is 25.4 Å². The maximum atomic E-state index is 11.7. The summed E-state index contributed by atoms with van der Waals surface area (Å²) in [5, 5.41) is 13.8. The van der Waals surface area contributed by atoms with E-state index in [2.05, 4.69) is 10.6 Å². The molecule has 3 N–H and O–H groups in total. The van der Waals surface area contributed by atoms with Crippen molar-refractivity contribution in [2.45, 2.75) is 25.7 Å². The lowest BCUT2D eigenvalue weighted by atomic mass is 10.2. The molecule has 8 heteroatoms. The van der Waals surface area contributed by atoms with Gasteiger partial charge in [-0.15, -0.1) is 0 Å². The lowest BCUT2D eigenvalue weighted by Gasteiger charge is -2.17. The first-order valence-corrected chi connectivity index (χ1v) is 6.93. The van der Waals surface area contributed by atoms with Crippen LogP contribution in [-0.4, -0.2) is 68.3 Å². The number of hydrogen-bond donors (Lipinski definition) is 3. The monoisotopic (exact) mass is 303 g/mol. The van der Waals surface area contributed by atoms with E-state index >= 15 is 0 Å². The van der Waals surface area contributed by atoms with Gasteiger partial charge in [-0.2, -0.15) is 0 Å². The van der Waals surface area contributed by atoms with Gasteiger partial charge in [0.05, 0.1) is 6.61 Å². The number of carbonyl (C=O) groups is 3. The zero-order chi connectivity index (χ0) is 16.1. The molecular weight excluding hydrogens is 278 g/mol. The van der Waals surface area contributed by atoms with Gasteiger partial charge in [-0.05, 0) is 12.8 Å². The highest BCUT2D eigenvalue weighted by Gasteiger charge is 2.11. The van der Waals surface area contributed by atoms with Crippen molar-refractivity contribution in [3.8, 4) is 0 Å². The van der Waals surface area contributed by atoms with E-state index in [9.17, 15) is 14.4 Å². The number of amides is 3. The molecule has 8 nitrogen and oxygen atoms in total. The van der Waals surface area contributed by atoms with Gasteiger partial charge in [0.2, 0.25) is 5.91 Å². The van der Waals surface area contributed by atoms with Crippen LogP contribution in [0.15, 0.2) is 0 Å². The number of carbonyl (C=O) groups excluding carboxylic acids is 2. The quantitative estimate of drug-likeness (QED) is 0.467. The third kappa shape index (κ3) is 11.7. The summed E-state index contributed by atoms with van der Waals surface area (Å²) < 4.78 is 4.80. The van der Waals surface area contributed by atoms with Crippen LogP contribution in [0.4, 0.5) is 4.79 Å². The fraction of sp³-hybridized carbons (Fsp3) is 0.769. The highest BCUT2D eigenvalue weighted by Crippen LogP contribution is 1.98. The summed E-state index contributed by atoms with van der Waals surface area (Å²) in [7, 11) is 3.08. The molecular formula is C13H25N3O5. The Bertz CT molecular complexity index is 336. The highest BCUT2D eigenvalue weighted by molar-refractivity contribution is 5.83. The minimum Gasteiger partial charge on any atom is -0.481 e. The Kier molecular flexibility index (Phi) is 10.9. The molecule has 0 aliphatic heterocycles. The number of carboxylic acids is 1. The van der Waals surface area contributed by atoms with E-state index < -0.39 is 5.97 Å². The molecule has 0 unspecified atom stereocenters. The second-order valence-corrected chi connectivity index (χ2v) is 4.64. The molecule has 0 radical (unpaired) electrons. The van der Waals surface area contributed by atoms with Crippen LogP contribution < -0.4 is 10.6 Å². The van der Waals surface area contributed by atoms with Crippen LogP contribution in [0, 0.1) is 0 Å². The van der Waals surface area contributed by atoms with Gasteiger partial charge in [0, 0.05) is 33.7 Å². The molecule has 0 fully saturated rings. The van der Waals surface area contributed by atoms with Gasteiger partial charge in [0.25, 0.3) is 0 Å². The van der Waals surface area contributed by atoms with Crippen LogP contribution in [0.25, 0.3) is 0 Å². The average molecular weight is 303 g/mol. The first kappa shape index (κ1) is 19.2. The number of nitrogens with one attached hydrogen (secondary N) is 2. The minimum atomic E-state index is -0.807. The average Bonchev–Trinajstić information content (AvgIpc) is 2.42. The number of urea groups is 1. The molecule has 0 saturated carbocycles. The molecule has 3 amide bonds. The fourth-order valence-electron chi connectivity index (χ4n) is 1.54. The molecule has 0 rings (SSSR count). The number of hydrogen-bond acceptors (Lipinski definition) is 4. The van der Waals surface area contributed by atoms with Crippen LogP contribution in [0.5, 0.6) is 0 Å². The standard InChI is InChI=1S/C13H25N3O5/c1-16(10-11(17)14-8-9-21-2)13(20)15-7-5-3-4-6-12(18)19/h3-10H2,1-2H3,(H,14,17)(H,15,20)(H,18,19). The molecule has 0 spiro atoms. The number of aliphatic carboxylic acids is 1. The van der Waals surface area contributed by atoms with Crippen LogP contribution in [-0.2, 0) is 14.3 Å². The first-order chi connectivity index (χ1) is 9.97. The summed E-state index contributed by atoms with van der Waals surface area (Å²) in [6.07, 6.45) is 2.21. The number of rotatable bonds is 11. The predicted octanol–water partition coefficient (Wildman–Crippen LogP) is 0.0354. The number of methoxy groups -OCH3 is 1. The SMILES string of the molecule is COCCNC(=O)CN(C)C(=O)NCCCCCC(=O)O. The van der Waals surface area contributed by atoms with Crippen LogP contribution >= 0.6 is 0 Å². The van der Waals surface area contributed by atoms with Crippen molar-refractivity contribution < 1.29 is 24.2 Å². The van der Waals surface area contributed by atoms with Crippen molar-refractivity contribution in [2.24, 2.45) is 0 Å². The van der Waals surface area contributed by atoms with E-state index in [1.54, 1.807) is 7.11 Å². The summed E-state index contributed by atoms with van der Waals surface area (Å²) in [5.74, 6) is -1.05. The maximum Gasteiger partial charge on any atom is 0.317 e. The molecule has 21 heavy (non-hydrogen) atoms. The van der Waals surface area contributed by atoms with Crippen molar-refractivity contribution in [1.29, 1.82) is 0 Å². The van der Waals surface area contributed by atoms with E-state index in [4.69, 9.17) is 9.84 Å². The van der Waals surface area contributed by atoms with Gasteiger partial charge in [-0.1, -0.05) is 6.42 Å². The van der Waals surface area contributed by atoms with Crippen LogP contribution in [0.1, 0.15) is 25.7 Å². The van der Waals surface area contributed by atoms with Gasteiger partial charge >= 0.3 is 12.0 Å². The van der Waals surface area contributed by atoms with Crippen molar-refractivity contribution in [1.82, 2.24) is 15.5 Å². The van der Waals surface area contributed by atoms with Gasteiger partial charge in [0.1, 0.15) is 6.54 Å². The summed E-state index contributed by atoms with van der Waals surface area (Å²) in [4.78, 5) is 34.7. The van der Waals surface area contributed by atoms with E-state index in [0.29, 0.717) is 32.5 Å². The van der Waals surface area contributed by atoms with Gasteiger partial charge in [-0.25, -0.2) is 4.79 Å². The van der Waals surface area contributed by atoms with Crippen LogP contribution in [0.2, 0.25) is 0 Å². The Morgan fingerprint density at radius 1 is 1.10 bits per heavy atom. The number of likely N-dealkylation sites (N-methyl/N-ethyl adjacent to an activating group) is 1. The minimum absolute atomic E-state index is 0.0193. The number of carboxylic acid groups (broad SMARTS) is 1. The van der Waals surface area contributed by atoms with Crippen molar-refractivity contribution in [2.75, 3.05) is 40.4 Å². The molecule has 0 aliphatic rings. The van der Waals surface area contributed by atoms with E-state index in [1.165, 1.54) is 11.9 Å². The molecule has 122 valence electrons. The molecule has 0 heterocycles. The zero-order valence-corrected chi connectivity index (χ0v) is 12.7. The Morgan fingerprint density at radius 3 is 2.43 bits per heavy atom. The molecule has 0 aromatic carbocycles. The Hall–Kier alpha value is -1.83. The van der Waals surface area contributed by atoms with Crippen molar-refractivity contribution >= 4 is 17.9 Å². The van der Waals surface area contributed by atoms with E-state index in [1.807, 2.05) is 0 Å². The molecule has 0 atom stereocenters. The van der Waals surface area contributed by atoms with Crippen LogP contribution in [0.3, 0.4) is 0 Å². The summed E-state index contributed by atoms with van der Waals surface area (Å²) in [5.41, 5.74) is 0. The number of unbranched alkanes of at least 4 members (excludes halogenated alkanes) is 2. The molecule has 0 bridgehead atoms. The summed E-state index contributed by atoms with van der Waals surface area (Å²) >= 11 is 0. The summed E-state index contributed by atoms with van der Waals surface area (Å²) in [6, 6.07) is -0.324. The first-order valence-electron chi connectivity index (χ1n) is 6.93. The topological polar surface area (TPSA) is 108 Å². The smallest absolute Gasteiger partial charge is 0.317 e. The summed E-state index contributed by atoms with van der Waals surface area (Å²) in [6.45, 7) is 1.29. The normalized spacial score (nSPS) is 10.0. The lowest BCUT2D eigenvalue weighted by molar-refractivity contribution is -0.137. The zero-order valence-electron chi connectivity index (χ0n) is 12.7.